The molecule has 0 fully saturated rings. The van der Waals surface area contributed by atoms with Crippen molar-refractivity contribution in [2.75, 3.05) is 6.61 Å². The second-order valence-electron chi connectivity index (χ2n) is 5.65. The predicted octanol–water partition coefficient (Wildman–Crippen LogP) is 5.40. The number of hydrogen-bond donors (Lipinski definition) is 2. The molecule has 0 aromatic heterocycles. The highest BCUT2D eigenvalue weighted by molar-refractivity contribution is 5.48. The summed E-state index contributed by atoms with van der Waals surface area (Å²) in [6, 6.07) is 4.79. The molecule has 0 bridgehead atoms. The number of phenols is 2. The number of unbranched alkanes of at least 4 members (excludes halogenated alkanes) is 9. The fourth-order valence-corrected chi connectivity index (χ4v) is 2.40. The number of aromatic hydroxyl groups is 2. The molecule has 21 heavy (non-hydrogen) atoms. The zero-order chi connectivity index (χ0) is 15.3. The summed E-state index contributed by atoms with van der Waals surface area (Å²) < 4.78 is 5.48. The van der Waals surface area contributed by atoms with Crippen molar-refractivity contribution in [2.24, 2.45) is 0 Å². The Labute approximate surface area is 129 Å². The van der Waals surface area contributed by atoms with E-state index in [1.807, 2.05) is 0 Å². The summed E-state index contributed by atoms with van der Waals surface area (Å²) in [5.41, 5.74) is 0. The van der Waals surface area contributed by atoms with Gasteiger partial charge in [-0.25, -0.2) is 0 Å². The van der Waals surface area contributed by atoms with Gasteiger partial charge in [-0.15, -0.1) is 0 Å². The summed E-state index contributed by atoms with van der Waals surface area (Å²) in [6.07, 6.45) is 12.9. The molecule has 0 aliphatic carbocycles. The molecule has 0 atom stereocenters. The molecular formula is C18H30O3. The summed E-state index contributed by atoms with van der Waals surface area (Å²) in [4.78, 5) is 0. The lowest BCUT2D eigenvalue weighted by atomic mass is 10.1. The Kier molecular flexibility index (Phi) is 9.51. The minimum Gasteiger partial charge on any atom is -0.504 e. The summed E-state index contributed by atoms with van der Waals surface area (Å²) in [7, 11) is 0. The Hall–Kier alpha value is -1.38. The van der Waals surface area contributed by atoms with Crippen molar-refractivity contribution in [1.29, 1.82) is 0 Å². The Bertz CT molecular complexity index is 377. The van der Waals surface area contributed by atoms with Gasteiger partial charge in [-0.05, 0) is 18.6 Å². The first-order chi connectivity index (χ1) is 10.3. The van der Waals surface area contributed by atoms with E-state index < -0.39 is 0 Å². The van der Waals surface area contributed by atoms with Crippen LogP contribution in [-0.2, 0) is 0 Å². The molecule has 2 N–H and O–H groups in total. The SMILES string of the molecule is CCCCCCCCCCCCOc1cccc(O)c1O. The number of phenolic OH excluding ortho intramolecular Hbond substituents is 2. The molecule has 1 aromatic rings. The number of hydrogen-bond acceptors (Lipinski definition) is 3. The molecule has 3 nitrogen and oxygen atoms in total. The summed E-state index contributed by atoms with van der Waals surface area (Å²) >= 11 is 0. The van der Waals surface area contributed by atoms with E-state index in [1.165, 1.54) is 57.4 Å². The van der Waals surface area contributed by atoms with Gasteiger partial charge in [-0.1, -0.05) is 70.8 Å². The molecule has 0 saturated heterocycles. The monoisotopic (exact) mass is 294 g/mol. The average Bonchev–Trinajstić information content (AvgIpc) is 2.49. The second-order valence-corrected chi connectivity index (χ2v) is 5.65. The van der Waals surface area contributed by atoms with Crippen molar-refractivity contribution in [3.8, 4) is 17.2 Å². The van der Waals surface area contributed by atoms with Crippen LogP contribution in [0.15, 0.2) is 18.2 Å². The van der Waals surface area contributed by atoms with E-state index in [-0.39, 0.29) is 11.5 Å². The predicted molar refractivity (Wildman–Crippen MR) is 87.1 cm³/mol. The van der Waals surface area contributed by atoms with E-state index in [4.69, 9.17) is 4.74 Å². The lowest BCUT2D eigenvalue weighted by Gasteiger charge is -2.08. The third-order valence-corrected chi connectivity index (χ3v) is 3.73. The van der Waals surface area contributed by atoms with Crippen molar-refractivity contribution in [2.45, 2.75) is 71.1 Å². The molecule has 1 rings (SSSR count). The quantitative estimate of drug-likeness (QED) is 0.401. The topological polar surface area (TPSA) is 49.7 Å². The Morgan fingerprint density at radius 1 is 0.810 bits per heavy atom. The first kappa shape index (κ1) is 17.7. The van der Waals surface area contributed by atoms with Gasteiger partial charge in [0.25, 0.3) is 0 Å². The normalized spacial score (nSPS) is 10.7. The number of para-hydroxylation sites is 1. The van der Waals surface area contributed by atoms with Crippen LogP contribution >= 0.6 is 0 Å². The molecule has 0 aliphatic rings. The minimum atomic E-state index is -0.162. The molecule has 0 unspecified atom stereocenters. The van der Waals surface area contributed by atoms with Gasteiger partial charge in [0.15, 0.2) is 11.5 Å². The van der Waals surface area contributed by atoms with E-state index in [9.17, 15) is 10.2 Å². The molecular weight excluding hydrogens is 264 g/mol. The highest BCUT2D eigenvalue weighted by atomic mass is 16.5. The summed E-state index contributed by atoms with van der Waals surface area (Å²) in [5.74, 6) is 0.0751. The van der Waals surface area contributed by atoms with Gasteiger partial charge in [0.05, 0.1) is 6.61 Å². The maximum Gasteiger partial charge on any atom is 0.200 e. The van der Waals surface area contributed by atoms with Crippen molar-refractivity contribution in [3.05, 3.63) is 18.2 Å². The fraction of sp³-hybridized carbons (Fsp3) is 0.667. The van der Waals surface area contributed by atoms with E-state index in [1.54, 1.807) is 12.1 Å². The van der Waals surface area contributed by atoms with Crippen LogP contribution in [0, 0.1) is 0 Å². The Morgan fingerprint density at radius 2 is 1.38 bits per heavy atom. The molecule has 0 amide bonds. The first-order valence-corrected chi connectivity index (χ1v) is 8.39. The largest absolute Gasteiger partial charge is 0.504 e. The molecule has 3 heteroatoms. The molecule has 1 aromatic carbocycles. The van der Waals surface area contributed by atoms with Crippen LogP contribution in [0.2, 0.25) is 0 Å². The van der Waals surface area contributed by atoms with Crippen LogP contribution in [0.5, 0.6) is 17.2 Å². The summed E-state index contributed by atoms with van der Waals surface area (Å²) in [6.45, 7) is 2.84. The van der Waals surface area contributed by atoms with Gasteiger partial charge in [0.1, 0.15) is 0 Å². The fourth-order valence-electron chi connectivity index (χ4n) is 2.40. The van der Waals surface area contributed by atoms with Gasteiger partial charge < -0.3 is 14.9 Å². The Balaban J connectivity index is 1.94. The maximum atomic E-state index is 9.58. The van der Waals surface area contributed by atoms with Gasteiger partial charge in [-0.2, -0.15) is 0 Å². The van der Waals surface area contributed by atoms with Crippen LogP contribution in [0.3, 0.4) is 0 Å². The number of ether oxygens (including phenoxy) is 1. The lowest BCUT2D eigenvalue weighted by Crippen LogP contribution is -1.97. The lowest BCUT2D eigenvalue weighted by molar-refractivity contribution is 0.283. The van der Waals surface area contributed by atoms with Gasteiger partial charge >= 0.3 is 0 Å². The van der Waals surface area contributed by atoms with Crippen molar-refractivity contribution >= 4 is 0 Å². The van der Waals surface area contributed by atoms with Crippen molar-refractivity contribution < 1.29 is 14.9 Å². The van der Waals surface area contributed by atoms with Crippen LogP contribution < -0.4 is 4.74 Å². The maximum absolute atomic E-state index is 9.58. The van der Waals surface area contributed by atoms with Crippen molar-refractivity contribution in [1.82, 2.24) is 0 Å². The van der Waals surface area contributed by atoms with Crippen LogP contribution in [0.4, 0.5) is 0 Å². The highest BCUT2D eigenvalue weighted by Crippen LogP contribution is 2.34. The Morgan fingerprint density at radius 3 is 2.00 bits per heavy atom. The minimum absolute atomic E-state index is 0.129. The molecule has 0 saturated carbocycles. The average molecular weight is 294 g/mol. The molecule has 120 valence electrons. The molecule has 0 aliphatic heterocycles. The van der Waals surface area contributed by atoms with E-state index in [2.05, 4.69) is 6.92 Å². The van der Waals surface area contributed by atoms with E-state index in [0.29, 0.717) is 12.4 Å². The van der Waals surface area contributed by atoms with Gasteiger partial charge in [0.2, 0.25) is 5.75 Å². The van der Waals surface area contributed by atoms with Crippen molar-refractivity contribution in [3.63, 3.8) is 0 Å². The third kappa shape index (κ3) is 7.84. The number of benzene rings is 1. The molecule has 0 radical (unpaired) electrons. The third-order valence-electron chi connectivity index (χ3n) is 3.73. The number of rotatable bonds is 12. The molecule has 0 spiro atoms. The van der Waals surface area contributed by atoms with E-state index in [0.717, 1.165) is 12.8 Å². The van der Waals surface area contributed by atoms with E-state index >= 15 is 0 Å². The van der Waals surface area contributed by atoms with Gasteiger partial charge in [-0.3, -0.25) is 0 Å². The zero-order valence-corrected chi connectivity index (χ0v) is 13.3. The first-order valence-electron chi connectivity index (χ1n) is 8.39. The second kappa shape index (κ2) is 11.3. The molecule has 0 heterocycles. The standard InChI is InChI=1S/C18H30O3/c1-2-3-4-5-6-7-8-9-10-11-15-21-17-14-12-13-16(19)18(17)20/h12-14,19-20H,2-11,15H2,1H3. The van der Waals surface area contributed by atoms with Crippen LogP contribution in [0.1, 0.15) is 71.1 Å². The van der Waals surface area contributed by atoms with Crippen LogP contribution in [0.25, 0.3) is 0 Å². The zero-order valence-electron chi connectivity index (χ0n) is 13.3. The van der Waals surface area contributed by atoms with Gasteiger partial charge in [0, 0.05) is 0 Å². The summed E-state index contributed by atoms with van der Waals surface area (Å²) in [5, 5.41) is 18.9. The smallest absolute Gasteiger partial charge is 0.200 e. The van der Waals surface area contributed by atoms with Crippen LogP contribution in [-0.4, -0.2) is 16.8 Å². The highest BCUT2D eigenvalue weighted by Gasteiger charge is 2.05.